The van der Waals surface area contributed by atoms with Crippen LogP contribution in [0.5, 0.6) is 0 Å². The van der Waals surface area contributed by atoms with Crippen molar-refractivity contribution in [2.75, 3.05) is 13.6 Å². The molecular formula is C27H29N7O. The first-order chi connectivity index (χ1) is 17.0. The molecule has 2 fully saturated rings. The Kier molecular flexibility index (Phi) is 5.24. The molecule has 6 rings (SSSR count). The van der Waals surface area contributed by atoms with Gasteiger partial charge in [-0.15, -0.1) is 0 Å². The Bertz CT molecular complexity index is 1360. The van der Waals surface area contributed by atoms with Crippen LogP contribution >= 0.6 is 0 Å². The minimum atomic E-state index is 0.177. The van der Waals surface area contributed by atoms with E-state index in [9.17, 15) is 4.79 Å². The van der Waals surface area contributed by atoms with Crippen molar-refractivity contribution >= 4 is 5.91 Å². The summed E-state index contributed by atoms with van der Waals surface area (Å²) in [6, 6.07) is 8.59. The highest BCUT2D eigenvalue weighted by molar-refractivity contribution is 5.79. The zero-order chi connectivity index (χ0) is 24.0. The number of hydrogen-bond acceptors (Lipinski definition) is 5. The van der Waals surface area contributed by atoms with Gasteiger partial charge in [0, 0.05) is 74.1 Å². The van der Waals surface area contributed by atoms with Crippen LogP contribution in [0.1, 0.15) is 38.1 Å². The van der Waals surface area contributed by atoms with E-state index in [1.165, 1.54) is 0 Å². The van der Waals surface area contributed by atoms with Gasteiger partial charge in [0.05, 0.1) is 18.4 Å². The van der Waals surface area contributed by atoms with Crippen molar-refractivity contribution < 1.29 is 4.79 Å². The van der Waals surface area contributed by atoms with Crippen LogP contribution < -0.4 is 0 Å². The number of aryl methyl sites for hydroxylation is 1. The van der Waals surface area contributed by atoms with Gasteiger partial charge in [-0.25, -0.2) is 9.97 Å². The number of likely N-dealkylation sites (tertiary alicyclic amines) is 1. The lowest BCUT2D eigenvalue weighted by Crippen LogP contribution is -2.31. The van der Waals surface area contributed by atoms with Crippen molar-refractivity contribution in [1.82, 2.24) is 34.4 Å². The van der Waals surface area contributed by atoms with Crippen molar-refractivity contribution in [3.05, 3.63) is 61.4 Å². The molecule has 1 aliphatic heterocycles. The Morgan fingerprint density at radius 3 is 2.26 bits per heavy atom. The van der Waals surface area contributed by atoms with Gasteiger partial charge in [0.1, 0.15) is 0 Å². The highest BCUT2D eigenvalue weighted by atomic mass is 16.2. The second-order valence-corrected chi connectivity index (χ2v) is 10.1. The van der Waals surface area contributed by atoms with E-state index in [0.29, 0.717) is 18.3 Å². The molecule has 1 saturated carbocycles. The van der Waals surface area contributed by atoms with Gasteiger partial charge < -0.3 is 4.90 Å². The lowest BCUT2D eigenvalue weighted by atomic mass is 9.72. The molecule has 8 nitrogen and oxygen atoms in total. The van der Waals surface area contributed by atoms with Gasteiger partial charge in [0.15, 0.2) is 5.82 Å². The van der Waals surface area contributed by atoms with Gasteiger partial charge >= 0.3 is 0 Å². The largest absolute Gasteiger partial charge is 0.345 e. The molecule has 0 atom stereocenters. The third kappa shape index (κ3) is 4.13. The van der Waals surface area contributed by atoms with Crippen LogP contribution in [-0.4, -0.2) is 53.9 Å². The van der Waals surface area contributed by atoms with Gasteiger partial charge in [0.2, 0.25) is 5.91 Å². The minimum Gasteiger partial charge on any atom is -0.345 e. The molecule has 1 saturated heterocycles. The fourth-order valence-corrected chi connectivity index (χ4v) is 5.64. The second kappa shape index (κ2) is 8.45. The second-order valence-electron chi connectivity index (χ2n) is 10.1. The number of amides is 1. The molecule has 2 aliphatic rings. The van der Waals surface area contributed by atoms with Crippen LogP contribution in [-0.2, 0) is 11.8 Å². The Labute approximate surface area is 204 Å². The molecule has 1 aromatic carbocycles. The van der Waals surface area contributed by atoms with Gasteiger partial charge in [-0.3, -0.25) is 14.2 Å². The van der Waals surface area contributed by atoms with Crippen molar-refractivity contribution in [2.24, 2.45) is 12.5 Å². The molecule has 0 unspecified atom stereocenters. The Morgan fingerprint density at radius 2 is 1.57 bits per heavy atom. The molecule has 0 radical (unpaired) electrons. The van der Waals surface area contributed by atoms with E-state index in [-0.39, 0.29) is 11.3 Å². The van der Waals surface area contributed by atoms with Crippen molar-refractivity contribution in [3.63, 3.8) is 0 Å². The monoisotopic (exact) mass is 467 g/mol. The van der Waals surface area contributed by atoms with Crippen molar-refractivity contribution in [3.8, 4) is 33.6 Å². The molecule has 0 N–H and O–H groups in total. The highest BCUT2D eigenvalue weighted by Crippen LogP contribution is 2.46. The van der Waals surface area contributed by atoms with E-state index >= 15 is 0 Å². The minimum absolute atomic E-state index is 0.177. The van der Waals surface area contributed by atoms with Gasteiger partial charge in [0.25, 0.3) is 0 Å². The molecule has 35 heavy (non-hydrogen) atoms. The van der Waals surface area contributed by atoms with E-state index < -0.39 is 0 Å². The molecule has 8 heteroatoms. The Hall–Kier alpha value is -3.81. The summed E-state index contributed by atoms with van der Waals surface area (Å²) in [5.74, 6) is 0.984. The van der Waals surface area contributed by atoms with E-state index in [1.54, 1.807) is 4.68 Å². The average molecular weight is 468 g/mol. The predicted molar refractivity (Wildman–Crippen MR) is 133 cm³/mol. The van der Waals surface area contributed by atoms with Crippen LogP contribution in [0.3, 0.4) is 0 Å². The molecular weight excluding hydrogens is 438 g/mol. The Morgan fingerprint density at radius 1 is 0.857 bits per heavy atom. The zero-order valence-electron chi connectivity index (χ0n) is 20.1. The number of carbonyl (C=O) groups is 1. The summed E-state index contributed by atoms with van der Waals surface area (Å²) in [5.41, 5.74) is 5.29. The first-order valence-corrected chi connectivity index (χ1v) is 12.2. The Balaban J connectivity index is 1.15. The summed E-state index contributed by atoms with van der Waals surface area (Å²) in [7, 11) is 3.84. The molecule has 1 aliphatic carbocycles. The SMILES string of the molecule is CN1C[C@]2(CC[C@@H](n3cc(-c4cnc(-c5cccc(-c6cnn(C)c6)c5)nc4)cn3)CC2)CC1=O. The van der Waals surface area contributed by atoms with Crippen molar-refractivity contribution in [2.45, 2.75) is 38.1 Å². The molecule has 178 valence electrons. The van der Waals surface area contributed by atoms with Gasteiger partial charge in [-0.2, -0.15) is 10.2 Å². The smallest absolute Gasteiger partial charge is 0.222 e. The zero-order valence-corrected chi connectivity index (χ0v) is 20.1. The number of aromatic nitrogens is 6. The van der Waals surface area contributed by atoms with Crippen LogP contribution in [0.25, 0.3) is 33.6 Å². The topological polar surface area (TPSA) is 81.7 Å². The number of benzene rings is 1. The van der Waals surface area contributed by atoms with Crippen LogP contribution in [0.2, 0.25) is 0 Å². The van der Waals surface area contributed by atoms with E-state index in [0.717, 1.165) is 60.0 Å². The highest BCUT2D eigenvalue weighted by Gasteiger charge is 2.44. The first kappa shape index (κ1) is 21.7. The van der Waals surface area contributed by atoms with Crippen LogP contribution in [0.15, 0.2) is 61.4 Å². The maximum Gasteiger partial charge on any atom is 0.222 e. The summed E-state index contributed by atoms with van der Waals surface area (Å²) >= 11 is 0. The van der Waals surface area contributed by atoms with E-state index in [2.05, 4.69) is 43.2 Å². The quantitative estimate of drug-likeness (QED) is 0.445. The van der Waals surface area contributed by atoms with Gasteiger partial charge in [-0.1, -0.05) is 18.2 Å². The average Bonchev–Trinajstić information content (AvgIpc) is 3.60. The van der Waals surface area contributed by atoms with Gasteiger partial charge in [-0.05, 0) is 42.7 Å². The van der Waals surface area contributed by atoms with Crippen LogP contribution in [0, 0.1) is 5.41 Å². The fraction of sp³-hybridized carbons (Fsp3) is 0.370. The lowest BCUT2D eigenvalue weighted by Gasteiger charge is -2.36. The lowest BCUT2D eigenvalue weighted by molar-refractivity contribution is -0.126. The summed E-state index contributed by atoms with van der Waals surface area (Å²) in [4.78, 5) is 23.2. The summed E-state index contributed by atoms with van der Waals surface area (Å²) in [5, 5.41) is 8.93. The number of nitrogens with zero attached hydrogens (tertiary/aromatic N) is 7. The molecule has 4 aromatic rings. The third-order valence-electron chi connectivity index (χ3n) is 7.66. The molecule has 3 aromatic heterocycles. The summed E-state index contributed by atoms with van der Waals surface area (Å²) in [6.45, 7) is 0.901. The van der Waals surface area contributed by atoms with E-state index in [1.807, 2.05) is 62.1 Å². The summed E-state index contributed by atoms with van der Waals surface area (Å²) in [6.07, 6.45) is 16.6. The molecule has 1 spiro atoms. The first-order valence-electron chi connectivity index (χ1n) is 12.2. The fourth-order valence-electron chi connectivity index (χ4n) is 5.64. The molecule has 4 heterocycles. The molecule has 0 bridgehead atoms. The van der Waals surface area contributed by atoms with Crippen molar-refractivity contribution in [1.29, 1.82) is 0 Å². The number of carbonyl (C=O) groups excluding carboxylic acids is 1. The summed E-state index contributed by atoms with van der Waals surface area (Å²) < 4.78 is 3.89. The predicted octanol–water partition coefficient (Wildman–Crippen LogP) is 4.37. The molecule has 1 amide bonds. The number of rotatable bonds is 4. The van der Waals surface area contributed by atoms with E-state index in [4.69, 9.17) is 0 Å². The maximum absolute atomic E-state index is 12.0. The standard InChI is InChI=1S/C27H29N7O/c1-32-18-27(11-25(32)35)8-6-24(7-9-27)34-17-23(15-31-34)21-12-28-26(29-13-21)20-5-3-4-19(10-20)22-14-30-33(2)16-22/h3-5,10,12-17,24H,6-9,11,18H2,1-2H3/t24-,27+. The third-order valence-corrected chi connectivity index (χ3v) is 7.66. The maximum atomic E-state index is 12.0. The normalized spacial score (nSPS) is 22.3. The van der Waals surface area contributed by atoms with Crippen LogP contribution in [0.4, 0.5) is 0 Å². The number of hydrogen-bond donors (Lipinski definition) is 0.